The van der Waals surface area contributed by atoms with Gasteiger partial charge >= 0.3 is 6.01 Å². The topological polar surface area (TPSA) is 109 Å². The molecule has 9 rings (SSSR count). The monoisotopic (exact) mass is 688 g/mol. The minimum Gasteiger partial charge on any atom is -0.588 e. The molecule has 6 aliphatic heterocycles. The summed E-state index contributed by atoms with van der Waals surface area (Å²) in [5.74, 6) is 2.58. The molecule has 49 heavy (non-hydrogen) atoms. The quantitative estimate of drug-likeness (QED) is 0.281. The number of benzene rings is 2. The Labute approximate surface area is 286 Å². The lowest BCUT2D eigenvalue weighted by atomic mass is 9.95. The summed E-state index contributed by atoms with van der Waals surface area (Å²) >= 11 is -1.79. The number of piperazine rings is 1. The van der Waals surface area contributed by atoms with E-state index >= 15 is 4.39 Å². The van der Waals surface area contributed by atoms with E-state index < -0.39 is 28.9 Å². The van der Waals surface area contributed by atoms with Gasteiger partial charge in [-0.1, -0.05) is 12.0 Å². The first-order valence-corrected chi connectivity index (χ1v) is 18.3. The highest BCUT2D eigenvalue weighted by Gasteiger charge is 2.50. The Morgan fingerprint density at radius 2 is 2.00 bits per heavy atom. The molecule has 2 N–H and O–H groups in total. The number of alkyl halides is 1. The molecule has 2 bridgehead atoms. The molecule has 5 saturated heterocycles. The number of aromatic hydroxyl groups is 1. The Kier molecular flexibility index (Phi) is 7.66. The van der Waals surface area contributed by atoms with E-state index in [1.165, 1.54) is 12.1 Å². The molecule has 1 aromatic heterocycles. The summed E-state index contributed by atoms with van der Waals surface area (Å²) in [4.78, 5) is 14.7. The molecule has 5 atom stereocenters. The summed E-state index contributed by atoms with van der Waals surface area (Å²) in [5.41, 5.74) is 1.03. The summed E-state index contributed by atoms with van der Waals surface area (Å²) in [6, 6.07) is 6.68. The van der Waals surface area contributed by atoms with Crippen LogP contribution in [0.2, 0.25) is 0 Å². The smallest absolute Gasteiger partial charge is 0.319 e. The molecule has 13 heteroatoms. The number of nitrogens with zero attached hydrogens (tertiary/aromatic N) is 5. The van der Waals surface area contributed by atoms with Gasteiger partial charge in [-0.3, -0.25) is 4.90 Å². The zero-order chi connectivity index (χ0) is 33.4. The van der Waals surface area contributed by atoms with Crippen LogP contribution in [0.15, 0.2) is 29.2 Å². The van der Waals surface area contributed by atoms with Crippen LogP contribution in [-0.4, -0.2) is 105 Å². The van der Waals surface area contributed by atoms with Crippen LogP contribution in [0.25, 0.3) is 22.5 Å². The molecular formula is C36H38F2N6O4S. The zero-order valence-corrected chi connectivity index (χ0v) is 27.9. The standard InChI is InChI=1S/C36H38F2N6O4S/c1-2-27-29(38)7-4-22-10-26(45)11-28(32(22)27)31-12-30-33(49(46)44(31)14-21-18-47-19-21)34(42-16-24-5-6-25(17-42)39-24)41-35(40-30)48-20-36-8-3-9-43(36)15-23(37)13-36/h1,4,7,10-12,21,23-25,39,45H,3,5-6,8-9,13-20H2/t23-,24?,25?,36+,49?/m1/s1. The van der Waals surface area contributed by atoms with Crippen molar-refractivity contribution in [2.75, 3.05) is 57.4 Å². The molecule has 0 radical (unpaired) electrons. The maximum Gasteiger partial charge on any atom is 0.319 e. The van der Waals surface area contributed by atoms with Crippen LogP contribution in [0, 0.1) is 24.1 Å². The van der Waals surface area contributed by atoms with Crippen molar-refractivity contribution in [3.63, 3.8) is 0 Å². The number of hydrogen-bond acceptors (Lipinski definition) is 10. The first-order chi connectivity index (χ1) is 23.8. The molecule has 2 aromatic carbocycles. The van der Waals surface area contributed by atoms with E-state index in [4.69, 9.17) is 25.9 Å². The number of phenols is 1. The lowest BCUT2D eigenvalue weighted by Crippen LogP contribution is -2.52. The summed E-state index contributed by atoms with van der Waals surface area (Å²) in [7, 11) is 0. The fourth-order valence-corrected chi connectivity index (χ4v) is 10.3. The van der Waals surface area contributed by atoms with Gasteiger partial charge in [-0.2, -0.15) is 14.3 Å². The Morgan fingerprint density at radius 3 is 2.76 bits per heavy atom. The van der Waals surface area contributed by atoms with Crippen molar-refractivity contribution in [3.8, 4) is 24.1 Å². The number of ether oxygens (including phenoxy) is 2. The van der Waals surface area contributed by atoms with Crippen LogP contribution >= 0.6 is 0 Å². The zero-order valence-electron chi connectivity index (χ0n) is 27.0. The Morgan fingerprint density at radius 1 is 1.18 bits per heavy atom. The molecule has 6 aliphatic rings. The molecule has 0 spiro atoms. The highest BCUT2D eigenvalue weighted by molar-refractivity contribution is 7.89. The molecule has 3 aromatic rings. The maximum atomic E-state index is 15.2. The molecule has 5 fully saturated rings. The van der Waals surface area contributed by atoms with E-state index in [0.29, 0.717) is 96.3 Å². The van der Waals surface area contributed by atoms with Crippen molar-refractivity contribution in [3.05, 3.63) is 46.9 Å². The SMILES string of the molecule is C#Cc1c(F)ccc2cc(O)cc(C3=Cc4nc(OC[C@@]56CCCN5C[C@H](F)C6)nc(N5CC6CCC(C5)N6)c4[S+]([O-])N3CC3COC3)c12. The minimum absolute atomic E-state index is 0.0340. The number of terminal acetylenes is 1. The number of hydrogen-bond donors (Lipinski definition) is 2. The summed E-state index contributed by atoms with van der Waals surface area (Å²) in [6.45, 7) is 4.35. The highest BCUT2D eigenvalue weighted by atomic mass is 32.2. The lowest BCUT2D eigenvalue weighted by Gasteiger charge is -2.39. The lowest BCUT2D eigenvalue weighted by molar-refractivity contribution is -0.0348. The number of halogens is 2. The second-order valence-electron chi connectivity index (χ2n) is 14.4. The molecule has 0 aliphatic carbocycles. The van der Waals surface area contributed by atoms with Crippen LogP contribution in [0.3, 0.4) is 0 Å². The van der Waals surface area contributed by atoms with E-state index in [0.717, 1.165) is 32.2 Å². The Bertz CT molecular complexity index is 1890. The van der Waals surface area contributed by atoms with Gasteiger partial charge in [0.2, 0.25) is 4.90 Å². The maximum absolute atomic E-state index is 15.2. The van der Waals surface area contributed by atoms with Crippen molar-refractivity contribution in [2.24, 2.45) is 5.92 Å². The molecule has 7 heterocycles. The molecule has 0 amide bonds. The molecular weight excluding hydrogens is 650 g/mol. The van der Waals surface area contributed by atoms with Crippen molar-refractivity contribution in [1.82, 2.24) is 24.5 Å². The van der Waals surface area contributed by atoms with Gasteiger partial charge in [-0.15, -0.1) is 6.42 Å². The van der Waals surface area contributed by atoms with Crippen molar-refractivity contribution >= 4 is 39.7 Å². The number of anilines is 1. The fraction of sp³-hybridized carbons (Fsp3) is 0.500. The first-order valence-electron chi connectivity index (χ1n) is 17.1. The second kappa shape index (κ2) is 12.0. The van der Waals surface area contributed by atoms with Gasteiger partial charge < -0.3 is 29.3 Å². The summed E-state index contributed by atoms with van der Waals surface area (Å²) in [6.07, 6.45) is 11.1. The third kappa shape index (κ3) is 5.31. The van der Waals surface area contributed by atoms with Crippen molar-refractivity contribution in [1.29, 1.82) is 0 Å². The molecule has 3 unspecified atom stereocenters. The first kappa shape index (κ1) is 31.3. The van der Waals surface area contributed by atoms with Gasteiger partial charge in [-0.25, -0.2) is 8.78 Å². The largest absolute Gasteiger partial charge is 0.588 e. The van der Waals surface area contributed by atoms with Crippen LogP contribution in [0.4, 0.5) is 14.6 Å². The third-order valence-corrected chi connectivity index (χ3v) is 12.6. The number of phenolic OH excluding ortho intramolecular Hbond substituents is 1. The van der Waals surface area contributed by atoms with Crippen LogP contribution in [0.1, 0.15) is 48.9 Å². The fourth-order valence-electron chi connectivity index (χ4n) is 8.77. The Hall–Kier alpha value is -3.67. The van der Waals surface area contributed by atoms with E-state index in [2.05, 4.69) is 21.0 Å². The van der Waals surface area contributed by atoms with E-state index in [1.54, 1.807) is 16.4 Å². The average molecular weight is 689 g/mol. The van der Waals surface area contributed by atoms with E-state index in [9.17, 15) is 14.0 Å². The van der Waals surface area contributed by atoms with Crippen LogP contribution in [-0.2, 0) is 16.1 Å². The Balaban J connectivity index is 1.20. The van der Waals surface area contributed by atoms with Gasteiger partial charge in [0.25, 0.3) is 0 Å². The summed E-state index contributed by atoms with van der Waals surface area (Å²) < 4.78 is 58.4. The van der Waals surface area contributed by atoms with Crippen molar-refractivity contribution in [2.45, 2.75) is 60.8 Å². The van der Waals surface area contributed by atoms with E-state index in [-0.39, 0.29) is 29.8 Å². The van der Waals surface area contributed by atoms with Gasteiger partial charge in [0.15, 0.2) is 5.82 Å². The number of nitrogens with one attached hydrogen (secondary N) is 1. The van der Waals surface area contributed by atoms with Crippen LogP contribution in [0.5, 0.6) is 11.8 Å². The number of aromatic nitrogens is 2. The molecule has 256 valence electrons. The highest BCUT2D eigenvalue weighted by Crippen LogP contribution is 2.45. The predicted octanol–water partition coefficient (Wildman–Crippen LogP) is 3.83. The molecule has 0 saturated carbocycles. The van der Waals surface area contributed by atoms with Gasteiger partial charge in [-0.05, 0) is 61.9 Å². The predicted molar refractivity (Wildman–Crippen MR) is 182 cm³/mol. The van der Waals surface area contributed by atoms with Gasteiger partial charge in [0.1, 0.15) is 41.4 Å². The van der Waals surface area contributed by atoms with Gasteiger partial charge in [0.05, 0.1) is 36.6 Å². The number of rotatable bonds is 7. The minimum atomic E-state index is -1.79. The van der Waals surface area contributed by atoms with Gasteiger partial charge in [0, 0.05) is 55.0 Å². The molecule has 10 nitrogen and oxygen atoms in total. The summed E-state index contributed by atoms with van der Waals surface area (Å²) in [5, 5.41) is 15.5. The average Bonchev–Trinajstić information content (AvgIpc) is 3.71. The normalized spacial score (nSPS) is 29.5. The number of fused-ring (bicyclic) bond motifs is 5. The third-order valence-electron chi connectivity index (χ3n) is 11.1. The van der Waals surface area contributed by atoms with Crippen molar-refractivity contribution < 1.29 is 27.9 Å². The van der Waals surface area contributed by atoms with E-state index in [1.807, 2.05) is 6.08 Å². The second-order valence-corrected chi connectivity index (χ2v) is 15.7. The van der Waals surface area contributed by atoms with Crippen LogP contribution < -0.4 is 15.0 Å².